The van der Waals surface area contributed by atoms with Gasteiger partial charge >= 0.3 is 6.08 Å². The van der Waals surface area contributed by atoms with Crippen molar-refractivity contribution in [1.29, 1.82) is 0 Å². The number of benzene rings is 1. The van der Waals surface area contributed by atoms with Crippen molar-refractivity contribution in [3.63, 3.8) is 0 Å². The standard InChI is InChI=1S/C15H21NO2/c1-2-17-15(16-13-9-5-3-6-10-13)18-14-11-7-4-8-12-14/h3,5-6,9-10,14H,2,4,7-8,11-12H2,1H3. The molecule has 1 aromatic rings. The van der Waals surface area contributed by atoms with E-state index in [4.69, 9.17) is 9.47 Å². The van der Waals surface area contributed by atoms with Crippen LogP contribution < -0.4 is 0 Å². The molecule has 0 bridgehead atoms. The highest BCUT2D eigenvalue weighted by molar-refractivity contribution is 5.71. The summed E-state index contributed by atoms with van der Waals surface area (Å²) in [4.78, 5) is 4.41. The Morgan fingerprint density at radius 2 is 1.89 bits per heavy atom. The predicted octanol–water partition coefficient (Wildman–Crippen LogP) is 4.06. The van der Waals surface area contributed by atoms with Crippen LogP contribution in [0, 0.1) is 0 Å². The second-order valence-electron chi connectivity index (χ2n) is 4.52. The fourth-order valence-electron chi connectivity index (χ4n) is 2.15. The second-order valence-corrected chi connectivity index (χ2v) is 4.52. The van der Waals surface area contributed by atoms with Crippen molar-refractivity contribution in [2.75, 3.05) is 6.61 Å². The van der Waals surface area contributed by atoms with Gasteiger partial charge < -0.3 is 9.47 Å². The molecule has 0 atom stereocenters. The number of rotatable bonds is 3. The van der Waals surface area contributed by atoms with Crippen LogP contribution in [-0.4, -0.2) is 18.8 Å². The van der Waals surface area contributed by atoms with Gasteiger partial charge in [-0.2, -0.15) is 4.99 Å². The van der Waals surface area contributed by atoms with E-state index >= 15 is 0 Å². The molecule has 0 amide bonds. The van der Waals surface area contributed by atoms with E-state index in [9.17, 15) is 0 Å². The van der Waals surface area contributed by atoms with E-state index < -0.39 is 0 Å². The fraction of sp³-hybridized carbons (Fsp3) is 0.533. The van der Waals surface area contributed by atoms with Crippen LogP contribution in [0.1, 0.15) is 39.0 Å². The zero-order valence-corrected chi connectivity index (χ0v) is 11.0. The normalized spacial score (nSPS) is 17.5. The molecule has 0 aliphatic heterocycles. The van der Waals surface area contributed by atoms with Crippen LogP contribution in [-0.2, 0) is 9.47 Å². The molecule has 1 aliphatic carbocycles. The molecule has 3 heteroatoms. The summed E-state index contributed by atoms with van der Waals surface area (Å²) >= 11 is 0. The highest BCUT2D eigenvalue weighted by atomic mass is 16.7. The van der Waals surface area contributed by atoms with Gasteiger partial charge in [0, 0.05) is 0 Å². The molecule has 0 spiro atoms. The highest BCUT2D eigenvalue weighted by Gasteiger charge is 2.17. The van der Waals surface area contributed by atoms with Gasteiger partial charge in [0.15, 0.2) is 0 Å². The molecular formula is C15H21NO2. The topological polar surface area (TPSA) is 30.8 Å². The predicted molar refractivity (Wildman–Crippen MR) is 73.1 cm³/mol. The summed E-state index contributed by atoms with van der Waals surface area (Å²) in [5, 5.41) is 0. The van der Waals surface area contributed by atoms with Crippen molar-refractivity contribution in [3.8, 4) is 0 Å². The molecule has 2 rings (SSSR count). The monoisotopic (exact) mass is 247 g/mol. The van der Waals surface area contributed by atoms with E-state index in [1.54, 1.807) is 0 Å². The quantitative estimate of drug-likeness (QED) is 0.595. The van der Waals surface area contributed by atoms with Crippen molar-refractivity contribution < 1.29 is 9.47 Å². The van der Waals surface area contributed by atoms with Crippen LogP contribution in [0.25, 0.3) is 0 Å². The summed E-state index contributed by atoms with van der Waals surface area (Å²) in [5.74, 6) is 0. The second kappa shape index (κ2) is 7.04. The van der Waals surface area contributed by atoms with Crippen LogP contribution in [0.15, 0.2) is 35.3 Å². The Hall–Kier alpha value is -1.51. The lowest BCUT2D eigenvalue weighted by Gasteiger charge is -2.23. The zero-order chi connectivity index (χ0) is 12.6. The van der Waals surface area contributed by atoms with E-state index in [0.717, 1.165) is 18.5 Å². The average molecular weight is 247 g/mol. The van der Waals surface area contributed by atoms with Crippen molar-refractivity contribution in [3.05, 3.63) is 30.3 Å². The molecule has 0 radical (unpaired) electrons. The summed E-state index contributed by atoms with van der Waals surface area (Å²) in [7, 11) is 0. The lowest BCUT2D eigenvalue weighted by molar-refractivity contribution is 0.0857. The lowest BCUT2D eigenvalue weighted by Crippen LogP contribution is -2.22. The molecule has 1 saturated carbocycles. The first-order chi connectivity index (χ1) is 8.88. The Bertz CT molecular complexity index is 369. The number of aliphatic imine (C=N–C) groups is 1. The van der Waals surface area contributed by atoms with Gasteiger partial charge in [0.05, 0.1) is 12.3 Å². The van der Waals surface area contributed by atoms with Crippen molar-refractivity contribution in [2.45, 2.75) is 45.1 Å². The smallest absolute Gasteiger partial charge is 0.389 e. The van der Waals surface area contributed by atoms with Gasteiger partial charge in [-0.25, -0.2) is 0 Å². The average Bonchev–Trinajstić information content (AvgIpc) is 2.41. The Morgan fingerprint density at radius 3 is 2.56 bits per heavy atom. The maximum absolute atomic E-state index is 5.86. The molecule has 0 saturated heterocycles. The van der Waals surface area contributed by atoms with Gasteiger partial charge in [-0.05, 0) is 44.7 Å². The molecule has 0 unspecified atom stereocenters. The first-order valence-electron chi connectivity index (χ1n) is 6.81. The third-order valence-electron chi connectivity index (χ3n) is 3.06. The molecular weight excluding hydrogens is 226 g/mol. The molecule has 18 heavy (non-hydrogen) atoms. The van der Waals surface area contributed by atoms with Gasteiger partial charge in [0.1, 0.15) is 6.10 Å². The van der Waals surface area contributed by atoms with Gasteiger partial charge in [-0.15, -0.1) is 0 Å². The van der Waals surface area contributed by atoms with Gasteiger partial charge in [-0.3, -0.25) is 0 Å². The molecule has 1 fully saturated rings. The van der Waals surface area contributed by atoms with Crippen molar-refractivity contribution >= 4 is 11.8 Å². The van der Waals surface area contributed by atoms with E-state index in [1.165, 1.54) is 19.3 Å². The first kappa shape index (κ1) is 12.9. The zero-order valence-electron chi connectivity index (χ0n) is 11.0. The molecule has 98 valence electrons. The van der Waals surface area contributed by atoms with E-state index in [1.807, 2.05) is 37.3 Å². The third-order valence-corrected chi connectivity index (χ3v) is 3.06. The summed E-state index contributed by atoms with van der Waals surface area (Å²) in [5.41, 5.74) is 0.872. The number of ether oxygens (including phenoxy) is 2. The van der Waals surface area contributed by atoms with Crippen molar-refractivity contribution in [1.82, 2.24) is 0 Å². The maximum Gasteiger partial charge on any atom is 0.389 e. The molecule has 3 nitrogen and oxygen atoms in total. The first-order valence-corrected chi connectivity index (χ1v) is 6.81. The lowest BCUT2D eigenvalue weighted by atomic mass is 9.98. The van der Waals surface area contributed by atoms with E-state index in [2.05, 4.69) is 4.99 Å². The highest BCUT2D eigenvalue weighted by Crippen LogP contribution is 2.21. The molecule has 0 heterocycles. The third kappa shape index (κ3) is 4.06. The molecule has 1 aliphatic rings. The Labute approximate surface area is 109 Å². The molecule has 0 aromatic heterocycles. The minimum atomic E-state index is 0.271. The van der Waals surface area contributed by atoms with Gasteiger partial charge in [0.25, 0.3) is 0 Å². The van der Waals surface area contributed by atoms with Crippen LogP contribution in [0.3, 0.4) is 0 Å². The maximum atomic E-state index is 5.86. The van der Waals surface area contributed by atoms with E-state index in [0.29, 0.717) is 12.7 Å². The Kier molecular flexibility index (Phi) is 5.06. The molecule has 1 aromatic carbocycles. The van der Waals surface area contributed by atoms with Crippen LogP contribution in [0.2, 0.25) is 0 Å². The SMILES string of the molecule is CCOC(=Nc1ccccc1)OC1CCCCC1. The Balaban J connectivity index is 2.00. The fourth-order valence-corrected chi connectivity index (χ4v) is 2.15. The van der Waals surface area contributed by atoms with Gasteiger partial charge in [0.2, 0.25) is 0 Å². The molecule has 0 N–H and O–H groups in total. The Morgan fingerprint density at radius 1 is 1.17 bits per heavy atom. The number of nitrogens with zero attached hydrogens (tertiary/aromatic N) is 1. The summed E-state index contributed by atoms with van der Waals surface area (Å²) in [6.45, 7) is 2.53. The summed E-state index contributed by atoms with van der Waals surface area (Å²) in [6, 6.07) is 9.79. The van der Waals surface area contributed by atoms with Crippen LogP contribution in [0.4, 0.5) is 5.69 Å². The summed E-state index contributed by atoms with van der Waals surface area (Å²) in [6.07, 6.45) is 6.72. The van der Waals surface area contributed by atoms with Crippen LogP contribution in [0.5, 0.6) is 0 Å². The van der Waals surface area contributed by atoms with E-state index in [-0.39, 0.29) is 6.10 Å². The largest absolute Gasteiger partial charge is 0.451 e. The van der Waals surface area contributed by atoms with Crippen LogP contribution >= 0.6 is 0 Å². The minimum absolute atomic E-state index is 0.271. The number of hydrogen-bond donors (Lipinski definition) is 0. The van der Waals surface area contributed by atoms with Gasteiger partial charge in [-0.1, -0.05) is 24.6 Å². The van der Waals surface area contributed by atoms with Crippen molar-refractivity contribution in [2.24, 2.45) is 4.99 Å². The number of hydrogen-bond acceptors (Lipinski definition) is 3. The summed E-state index contributed by atoms with van der Waals surface area (Å²) < 4.78 is 11.3. The number of para-hydroxylation sites is 1. The minimum Gasteiger partial charge on any atom is -0.451 e.